The Labute approximate surface area is 151 Å². The average molecular weight is 346 g/mol. The number of anilines is 1. The predicted molar refractivity (Wildman–Crippen MR) is 99.4 cm³/mol. The number of aromatic nitrogens is 2. The van der Waals surface area contributed by atoms with Crippen LogP contribution in [0.5, 0.6) is 0 Å². The summed E-state index contributed by atoms with van der Waals surface area (Å²) in [5.41, 5.74) is 7.15. The second-order valence-electron chi connectivity index (χ2n) is 5.67. The first-order valence-electron chi connectivity index (χ1n) is 8.18. The first-order valence-corrected chi connectivity index (χ1v) is 8.18. The van der Waals surface area contributed by atoms with Gasteiger partial charge in [0.25, 0.3) is 5.91 Å². The van der Waals surface area contributed by atoms with Crippen LogP contribution in [0.15, 0.2) is 73.1 Å². The van der Waals surface area contributed by atoms with Gasteiger partial charge in [-0.15, -0.1) is 0 Å². The van der Waals surface area contributed by atoms with E-state index in [1.807, 2.05) is 48.5 Å². The molecule has 0 saturated carbocycles. The molecular formula is C20H18N4O2. The lowest BCUT2D eigenvalue weighted by molar-refractivity contribution is -0.117. The maximum absolute atomic E-state index is 12.9. The van der Waals surface area contributed by atoms with E-state index in [0.29, 0.717) is 17.1 Å². The van der Waals surface area contributed by atoms with Crippen molar-refractivity contribution in [1.82, 2.24) is 9.97 Å². The van der Waals surface area contributed by atoms with Crippen LogP contribution in [0.2, 0.25) is 0 Å². The van der Waals surface area contributed by atoms with Crippen molar-refractivity contribution in [2.24, 2.45) is 5.73 Å². The van der Waals surface area contributed by atoms with E-state index in [2.05, 4.69) is 9.97 Å². The molecule has 3 aromatic rings. The SMILES string of the molecule is NC(=O)CCN(C(=O)c1cnc(-c2ccccc2)nc1)c1ccccc1. The summed E-state index contributed by atoms with van der Waals surface area (Å²) in [5, 5.41) is 0. The van der Waals surface area contributed by atoms with Crippen LogP contribution in [0.3, 0.4) is 0 Å². The highest BCUT2D eigenvalue weighted by molar-refractivity contribution is 6.06. The molecule has 0 unspecified atom stereocenters. The molecule has 3 rings (SSSR count). The minimum Gasteiger partial charge on any atom is -0.370 e. The number of rotatable bonds is 6. The lowest BCUT2D eigenvalue weighted by Crippen LogP contribution is -2.34. The Hall–Kier alpha value is -3.54. The van der Waals surface area contributed by atoms with E-state index in [1.165, 1.54) is 17.3 Å². The predicted octanol–water partition coefficient (Wildman–Crippen LogP) is 2.67. The molecule has 0 aliphatic carbocycles. The monoisotopic (exact) mass is 346 g/mol. The van der Waals surface area contributed by atoms with E-state index < -0.39 is 5.91 Å². The average Bonchev–Trinajstić information content (AvgIpc) is 2.69. The number of benzene rings is 2. The number of carbonyl (C=O) groups excluding carboxylic acids is 2. The van der Waals surface area contributed by atoms with Crippen molar-refractivity contribution < 1.29 is 9.59 Å². The smallest absolute Gasteiger partial charge is 0.261 e. The minimum absolute atomic E-state index is 0.0730. The topological polar surface area (TPSA) is 89.2 Å². The van der Waals surface area contributed by atoms with E-state index >= 15 is 0 Å². The quantitative estimate of drug-likeness (QED) is 0.743. The number of carbonyl (C=O) groups is 2. The third-order valence-corrected chi connectivity index (χ3v) is 3.83. The number of para-hydroxylation sites is 1. The van der Waals surface area contributed by atoms with Gasteiger partial charge in [0.2, 0.25) is 5.91 Å². The molecule has 1 aromatic heterocycles. The van der Waals surface area contributed by atoms with Crippen molar-refractivity contribution in [2.45, 2.75) is 6.42 Å². The van der Waals surface area contributed by atoms with Crippen LogP contribution in [-0.4, -0.2) is 28.3 Å². The summed E-state index contributed by atoms with van der Waals surface area (Å²) < 4.78 is 0. The maximum Gasteiger partial charge on any atom is 0.261 e. The van der Waals surface area contributed by atoms with Crippen molar-refractivity contribution in [3.05, 3.63) is 78.6 Å². The highest BCUT2D eigenvalue weighted by atomic mass is 16.2. The van der Waals surface area contributed by atoms with Crippen molar-refractivity contribution in [3.8, 4) is 11.4 Å². The second-order valence-corrected chi connectivity index (χ2v) is 5.67. The number of nitrogens with zero attached hydrogens (tertiary/aromatic N) is 3. The van der Waals surface area contributed by atoms with Gasteiger partial charge in [-0.1, -0.05) is 48.5 Å². The minimum atomic E-state index is -0.464. The standard InChI is InChI=1S/C20H18N4O2/c21-18(25)11-12-24(17-9-5-2-6-10-17)20(26)16-13-22-19(23-14-16)15-7-3-1-4-8-15/h1-10,13-14H,11-12H2,(H2,21,25). The molecule has 0 atom stereocenters. The van der Waals surface area contributed by atoms with Gasteiger partial charge >= 0.3 is 0 Å². The molecule has 1 heterocycles. The fourth-order valence-corrected chi connectivity index (χ4v) is 2.51. The molecule has 0 fully saturated rings. The van der Waals surface area contributed by atoms with E-state index in [1.54, 1.807) is 12.1 Å². The highest BCUT2D eigenvalue weighted by Crippen LogP contribution is 2.18. The summed E-state index contributed by atoms with van der Waals surface area (Å²) >= 11 is 0. The summed E-state index contributed by atoms with van der Waals surface area (Å²) in [7, 11) is 0. The fourth-order valence-electron chi connectivity index (χ4n) is 2.51. The zero-order valence-electron chi connectivity index (χ0n) is 14.1. The van der Waals surface area contributed by atoms with Gasteiger partial charge in [-0.2, -0.15) is 0 Å². The molecule has 2 N–H and O–H groups in total. The Kier molecular flexibility index (Phi) is 5.34. The number of nitrogens with two attached hydrogens (primary N) is 1. The number of primary amides is 1. The van der Waals surface area contributed by atoms with Gasteiger partial charge in [-0.3, -0.25) is 9.59 Å². The van der Waals surface area contributed by atoms with Gasteiger partial charge in [0.15, 0.2) is 5.82 Å². The van der Waals surface area contributed by atoms with E-state index in [9.17, 15) is 9.59 Å². The summed E-state index contributed by atoms with van der Waals surface area (Å²) in [5.74, 6) is -0.197. The van der Waals surface area contributed by atoms with Crippen LogP contribution in [0.4, 0.5) is 5.69 Å². The largest absolute Gasteiger partial charge is 0.370 e. The summed E-state index contributed by atoms with van der Waals surface area (Å²) in [4.78, 5) is 34.1. The highest BCUT2D eigenvalue weighted by Gasteiger charge is 2.19. The molecule has 2 amide bonds. The molecule has 6 heteroatoms. The van der Waals surface area contributed by atoms with Crippen LogP contribution in [0.25, 0.3) is 11.4 Å². The molecule has 2 aromatic carbocycles. The molecule has 0 saturated heterocycles. The Bertz CT molecular complexity index is 881. The van der Waals surface area contributed by atoms with E-state index in [0.717, 1.165) is 5.56 Å². The van der Waals surface area contributed by atoms with Crippen LogP contribution < -0.4 is 10.6 Å². The summed E-state index contributed by atoms with van der Waals surface area (Å²) in [6.45, 7) is 0.193. The zero-order valence-corrected chi connectivity index (χ0v) is 14.1. The molecular weight excluding hydrogens is 328 g/mol. The lowest BCUT2D eigenvalue weighted by atomic mass is 10.2. The maximum atomic E-state index is 12.9. The first-order chi connectivity index (χ1) is 12.6. The molecule has 0 aliphatic heterocycles. The van der Waals surface area contributed by atoms with Crippen molar-refractivity contribution in [3.63, 3.8) is 0 Å². The third-order valence-electron chi connectivity index (χ3n) is 3.83. The number of amides is 2. The van der Waals surface area contributed by atoms with Crippen LogP contribution in [-0.2, 0) is 4.79 Å². The fraction of sp³-hybridized carbons (Fsp3) is 0.100. The van der Waals surface area contributed by atoms with Gasteiger partial charge in [-0.25, -0.2) is 9.97 Å². The van der Waals surface area contributed by atoms with Crippen molar-refractivity contribution >= 4 is 17.5 Å². The van der Waals surface area contributed by atoms with Crippen LogP contribution in [0.1, 0.15) is 16.8 Å². The Morgan fingerprint density at radius 2 is 1.46 bits per heavy atom. The molecule has 0 bridgehead atoms. The van der Waals surface area contributed by atoms with E-state index in [-0.39, 0.29) is 18.9 Å². The number of hydrogen-bond donors (Lipinski definition) is 1. The Morgan fingerprint density at radius 1 is 0.885 bits per heavy atom. The summed E-state index contributed by atoms with van der Waals surface area (Å²) in [6, 6.07) is 18.6. The van der Waals surface area contributed by atoms with Crippen molar-refractivity contribution in [2.75, 3.05) is 11.4 Å². The molecule has 26 heavy (non-hydrogen) atoms. The van der Waals surface area contributed by atoms with Crippen molar-refractivity contribution in [1.29, 1.82) is 0 Å². The second kappa shape index (κ2) is 8.02. The lowest BCUT2D eigenvalue weighted by Gasteiger charge is -2.22. The number of hydrogen-bond acceptors (Lipinski definition) is 4. The molecule has 6 nitrogen and oxygen atoms in total. The third kappa shape index (κ3) is 4.10. The van der Waals surface area contributed by atoms with Gasteiger partial charge in [0, 0.05) is 36.6 Å². The summed E-state index contributed by atoms with van der Waals surface area (Å²) in [6.07, 6.45) is 3.07. The normalized spacial score (nSPS) is 10.3. The Balaban J connectivity index is 1.85. The molecule has 0 radical (unpaired) electrons. The van der Waals surface area contributed by atoms with Gasteiger partial charge in [-0.05, 0) is 12.1 Å². The van der Waals surface area contributed by atoms with Crippen LogP contribution >= 0.6 is 0 Å². The molecule has 130 valence electrons. The van der Waals surface area contributed by atoms with E-state index in [4.69, 9.17) is 5.73 Å². The zero-order chi connectivity index (χ0) is 18.4. The molecule has 0 aliphatic rings. The van der Waals surface area contributed by atoms with Crippen LogP contribution in [0, 0.1) is 0 Å². The van der Waals surface area contributed by atoms with Gasteiger partial charge < -0.3 is 10.6 Å². The first kappa shape index (κ1) is 17.3. The Morgan fingerprint density at radius 3 is 2.04 bits per heavy atom. The molecule has 0 spiro atoms. The van der Waals surface area contributed by atoms with Gasteiger partial charge in [0.05, 0.1) is 5.56 Å². The van der Waals surface area contributed by atoms with Gasteiger partial charge in [0.1, 0.15) is 0 Å².